The summed E-state index contributed by atoms with van der Waals surface area (Å²) in [5, 5.41) is 0. The highest BCUT2D eigenvalue weighted by Gasteiger charge is 2.25. The van der Waals surface area contributed by atoms with Gasteiger partial charge in [0.2, 0.25) is 11.9 Å². The van der Waals surface area contributed by atoms with Crippen LogP contribution in [-0.4, -0.2) is 47.0 Å². The predicted octanol–water partition coefficient (Wildman–Crippen LogP) is 1.65. The van der Waals surface area contributed by atoms with Gasteiger partial charge in [-0.25, -0.2) is 4.39 Å². The summed E-state index contributed by atoms with van der Waals surface area (Å²) in [5.74, 6) is 1.63. The number of nitrogen functional groups attached to an aromatic ring is 1. The molecule has 23 heavy (non-hydrogen) atoms. The summed E-state index contributed by atoms with van der Waals surface area (Å²) in [5.41, 5.74) is 6.81. The van der Waals surface area contributed by atoms with Gasteiger partial charge in [0.15, 0.2) is 0 Å². The van der Waals surface area contributed by atoms with E-state index in [1.54, 1.807) is 17.0 Å². The average molecular weight is 316 g/mol. The molecule has 2 heterocycles. The zero-order chi connectivity index (χ0) is 16.4. The van der Waals surface area contributed by atoms with Crippen molar-refractivity contribution in [3.8, 4) is 0 Å². The zero-order valence-electron chi connectivity index (χ0n) is 13.4. The van der Waals surface area contributed by atoms with Gasteiger partial charge >= 0.3 is 0 Å². The molecule has 1 aromatic carbocycles. The number of rotatable bonds is 4. The summed E-state index contributed by atoms with van der Waals surface area (Å²) in [7, 11) is 3.74. The maximum atomic E-state index is 13.4. The largest absolute Gasteiger partial charge is 0.368 e. The van der Waals surface area contributed by atoms with E-state index in [4.69, 9.17) is 5.73 Å². The van der Waals surface area contributed by atoms with E-state index in [1.807, 2.05) is 20.2 Å². The minimum atomic E-state index is -0.179. The van der Waals surface area contributed by atoms with E-state index in [0.717, 1.165) is 25.1 Å². The molecule has 1 aromatic heterocycles. The topological polar surface area (TPSA) is 71.2 Å². The molecule has 0 aliphatic carbocycles. The Kier molecular flexibility index (Phi) is 4.38. The van der Waals surface area contributed by atoms with Crippen molar-refractivity contribution in [2.24, 2.45) is 0 Å². The third kappa shape index (κ3) is 3.73. The van der Waals surface area contributed by atoms with Gasteiger partial charge in [0.25, 0.3) is 0 Å². The van der Waals surface area contributed by atoms with Crippen LogP contribution >= 0.6 is 0 Å². The number of halogens is 1. The second-order valence-corrected chi connectivity index (χ2v) is 6.08. The first-order valence-electron chi connectivity index (χ1n) is 7.67. The van der Waals surface area contributed by atoms with E-state index < -0.39 is 0 Å². The van der Waals surface area contributed by atoms with E-state index in [1.165, 1.54) is 6.07 Å². The van der Waals surface area contributed by atoms with Crippen LogP contribution < -0.4 is 10.6 Å². The molecule has 2 aromatic rings. The maximum absolute atomic E-state index is 13.4. The third-order valence-electron chi connectivity index (χ3n) is 4.04. The molecule has 1 unspecified atom stereocenters. The molecule has 1 saturated heterocycles. The number of aromatic nitrogens is 3. The highest BCUT2D eigenvalue weighted by atomic mass is 19.1. The van der Waals surface area contributed by atoms with Gasteiger partial charge in [-0.2, -0.15) is 15.0 Å². The van der Waals surface area contributed by atoms with Crippen LogP contribution in [0, 0.1) is 5.82 Å². The molecule has 1 aliphatic rings. The van der Waals surface area contributed by atoms with E-state index >= 15 is 0 Å². The summed E-state index contributed by atoms with van der Waals surface area (Å²) in [6.45, 7) is 2.43. The van der Waals surface area contributed by atoms with Crippen molar-refractivity contribution >= 4 is 11.9 Å². The highest BCUT2D eigenvalue weighted by molar-refractivity contribution is 5.32. The lowest BCUT2D eigenvalue weighted by Gasteiger charge is -2.17. The molecule has 7 heteroatoms. The second kappa shape index (κ2) is 6.45. The van der Waals surface area contributed by atoms with Crippen LogP contribution in [0.5, 0.6) is 0 Å². The minimum Gasteiger partial charge on any atom is -0.368 e. The molecule has 0 spiro atoms. The standard InChI is InChI=1S/C16H21FN6/c1-22(2)16-20-14(19-15(18)21-16)10-23-7-6-12(9-23)11-4-3-5-13(17)8-11/h3-5,8,12H,6-7,9-10H2,1-2H3,(H2,18,19,20,21). The van der Waals surface area contributed by atoms with Gasteiger partial charge in [0.05, 0.1) is 6.54 Å². The first-order valence-corrected chi connectivity index (χ1v) is 7.67. The molecule has 0 radical (unpaired) electrons. The molecular formula is C16H21FN6. The molecule has 0 saturated carbocycles. The molecule has 2 N–H and O–H groups in total. The van der Waals surface area contributed by atoms with Crippen molar-refractivity contribution < 1.29 is 4.39 Å². The number of benzene rings is 1. The maximum Gasteiger partial charge on any atom is 0.229 e. The summed E-state index contributed by atoms with van der Waals surface area (Å²) >= 11 is 0. The van der Waals surface area contributed by atoms with Gasteiger partial charge in [-0.15, -0.1) is 0 Å². The molecule has 0 bridgehead atoms. The van der Waals surface area contributed by atoms with Crippen molar-refractivity contribution in [2.75, 3.05) is 37.8 Å². The van der Waals surface area contributed by atoms with Gasteiger partial charge in [-0.05, 0) is 36.6 Å². The van der Waals surface area contributed by atoms with Crippen molar-refractivity contribution in [3.63, 3.8) is 0 Å². The number of hydrogen-bond acceptors (Lipinski definition) is 6. The minimum absolute atomic E-state index is 0.179. The first-order chi connectivity index (χ1) is 11.0. The SMILES string of the molecule is CN(C)c1nc(N)nc(CN2CCC(c3cccc(F)c3)C2)n1. The number of nitrogens with two attached hydrogens (primary N) is 1. The van der Waals surface area contributed by atoms with E-state index in [0.29, 0.717) is 24.2 Å². The molecular weight excluding hydrogens is 295 g/mol. The Labute approximate surface area is 135 Å². The van der Waals surface area contributed by atoms with Gasteiger partial charge < -0.3 is 10.6 Å². The molecule has 1 fully saturated rings. The molecule has 122 valence electrons. The Morgan fingerprint density at radius 2 is 2.13 bits per heavy atom. The van der Waals surface area contributed by atoms with Crippen LogP contribution in [0.15, 0.2) is 24.3 Å². The van der Waals surface area contributed by atoms with Gasteiger partial charge in [-0.3, -0.25) is 4.90 Å². The number of nitrogens with zero attached hydrogens (tertiary/aromatic N) is 5. The summed E-state index contributed by atoms with van der Waals surface area (Å²) < 4.78 is 13.4. The van der Waals surface area contributed by atoms with Crippen molar-refractivity contribution in [1.82, 2.24) is 19.9 Å². The lowest BCUT2D eigenvalue weighted by Crippen LogP contribution is -2.23. The summed E-state index contributed by atoms with van der Waals surface area (Å²) in [6, 6.07) is 6.86. The fraction of sp³-hybridized carbons (Fsp3) is 0.438. The monoisotopic (exact) mass is 316 g/mol. The molecule has 3 rings (SSSR count). The van der Waals surface area contributed by atoms with Crippen LogP contribution in [0.2, 0.25) is 0 Å². The smallest absolute Gasteiger partial charge is 0.229 e. The summed E-state index contributed by atoms with van der Waals surface area (Å²) in [6.07, 6.45) is 1.00. The Balaban J connectivity index is 1.68. The van der Waals surface area contributed by atoms with Crippen molar-refractivity contribution in [3.05, 3.63) is 41.5 Å². The quantitative estimate of drug-likeness (QED) is 0.925. The Hall–Kier alpha value is -2.28. The van der Waals surface area contributed by atoms with Gasteiger partial charge in [-0.1, -0.05) is 12.1 Å². The van der Waals surface area contributed by atoms with E-state index in [2.05, 4.69) is 19.9 Å². The van der Waals surface area contributed by atoms with Gasteiger partial charge in [0, 0.05) is 20.6 Å². The predicted molar refractivity (Wildman–Crippen MR) is 87.6 cm³/mol. The Bertz CT molecular complexity index is 690. The fourth-order valence-electron chi connectivity index (χ4n) is 2.90. The second-order valence-electron chi connectivity index (χ2n) is 6.08. The normalized spacial score (nSPS) is 18.3. The molecule has 6 nitrogen and oxygen atoms in total. The summed E-state index contributed by atoms with van der Waals surface area (Å²) in [4.78, 5) is 16.8. The molecule has 0 amide bonds. The number of hydrogen-bond donors (Lipinski definition) is 1. The first kappa shape index (κ1) is 15.6. The number of anilines is 2. The van der Waals surface area contributed by atoms with Crippen LogP contribution in [0.4, 0.5) is 16.3 Å². The van der Waals surface area contributed by atoms with Crippen LogP contribution in [0.1, 0.15) is 23.7 Å². The van der Waals surface area contributed by atoms with Crippen molar-refractivity contribution in [2.45, 2.75) is 18.9 Å². The lowest BCUT2D eigenvalue weighted by molar-refractivity contribution is 0.318. The molecule has 1 atom stereocenters. The van der Waals surface area contributed by atoms with Gasteiger partial charge in [0.1, 0.15) is 11.6 Å². The third-order valence-corrected chi connectivity index (χ3v) is 4.04. The van der Waals surface area contributed by atoms with Crippen LogP contribution in [-0.2, 0) is 6.54 Å². The Morgan fingerprint density at radius 1 is 1.30 bits per heavy atom. The van der Waals surface area contributed by atoms with Crippen LogP contribution in [0.3, 0.4) is 0 Å². The van der Waals surface area contributed by atoms with Crippen LogP contribution in [0.25, 0.3) is 0 Å². The number of likely N-dealkylation sites (tertiary alicyclic amines) is 1. The zero-order valence-corrected chi connectivity index (χ0v) is 13.4. The average Bonchev–Trinajstić information content (AvgIpc) is 2.95. The van der Waals surface area contributed by atoms with E-state index in [-0.39, 0.29) is 11.8 Å². The lowest BCUT2D eigenvalue weighted by atomic mass is 9.98. The Morgan fingerprint density at radius 3 is 2.87 bits per heavy atom. The highest BCUT2D eigenvalue weighted by Crippen LogP contribution is 2.28. The van der Waals surface area contributed by atoms with Crippen molar-refractivity contribution in [1.29, 1.82) is 0 Å². The fourth-order valence-corrected chi connectivity index (χ4v) is 2.90. The molecule has 1 aliphatic heterocycles. The van der Waals surface area contributed by atoms with E-state index in [9.17, 15) is 4.39 Å².